The van der Waals surface area contributed by atoms with Crippen LogP contribution in [0.4, 0.5) is 11.5 Å². The number of esters is 1. The summed E-state index contributed by atoms with van der Waals surface area (Å²) in [5.41, 5.74) is 1.03. The van der Waals surface area contributed by atoms with Gasteiger partial charge in [0.25, 0.3) is 5.91 Å². The van der Waals surface area contributed by atoms with Gasteiger partial charge in [-0.3, -0.25) is 4.79 Å². The maximum absolute atomic E-state index is 12.8. The summed E-state index contributed by atoms with van der Waals surface area (Å²) in [6.07, 6.45) is 4.84. The van der Waals surface area contributed by atoms with E-state index < -0.39 is 11.6 Å². The third-order valence-electron chi connectivity index (χ3n) is 5.43. The van der Waals surface area contributed by atoms with Crippen molar-refractivity contribution in [2.75, 3.05) is 31.1 Å². The van der Waals surface area contributed by atoms with Crippen LogP contribution in [0, 0.1) is 0 Å². The van der Waals surface area contributed by atoms with Gasteiger partial charge < -0.3 is 19.3 Å². The van der Waals surface area contributed by atoms with Crippen LogP contribution >= 0.6 is 11.6 Å². The largest absolute Gasteiger partial charge is 0.488 e. The molecule has 8 heteroatoms. The molecule has 0 saturated carbocycles. The fourth-order valence-corrected chi connectivity index (χ4v) is 4.17. The van der Waals surface area contributed by atoms with Crippen molar-refractivity contribution in [3.8, 4) is 5.75 Å². The molecule has 7 nitrogen and oxygen atoms in total. The maximum Gasteiger partial charge on any atom is 0.340 e. The van der Waals surface area contributed by atoms with E-state index >= 15 is 0 Å². The number of carbonyl (C=O) groups is 2. The van der Waals surface area contributed by atoms with Crippen LogP contribution in [-0.4, -0.2) is 53.6 Å². The molecule has 2 aliphatic rings. The standard InChI is InChI=1S/C24H28ClN3O4/c1-24(2,3)32-23(30)18-8-7-17(14-19(18)25)28-11-12-31-20-13-16(15-26-21(20)28)22(29)27-9-5-4-6-10-27/h7-8,13-15H,4-6,9-12H2,1-3H3. The van der Waals surface area contributed by atoms with Crippen LogP contribution in [0.1, 0.15) is 60.7 Å². The lowest BCUT2D eigenvalue weighted by Crippen LogP contribution is -2.36. The SMILES string of the molecule is CC(C)(C)OC(=O)c1ccc(N2CCOc3cc(C(=O)N4CCCCC4)cnc32)cc1Cl. The number of piperidine rings is 1. The molecule has 1 saturated heterocycles. The average molecular weight is 458 g/mol. The number of aromatic nitrogens is 1. The topological polar surface area (TPSA) is 72.0 Å². The minimum atomic E-state index is -0.602. The van der Waals surface area contributed by atoms with Gasteiger partial charge in [-0.1, -0.05) is 11.6 Å². The number of ether oxygens (including phenoxy) is 2. The van der Waals surface area contributed by atoms with Gasteiger partial charge in [0.05, 0.1) is 22.7 Å². The lowest BCUT2D eigenvalue weighted by atomic mass is 10.1. The van der Waals surface area contributed by atoms with E-state index in [0.29, 0.717) is 40.9 Å². The van der Waals surface area contributed by atoms with E-state index in [-0.39, 0.29) is 5.91 Å². The molecule has 0 aliphatic carbocycles. The van der Waals surface area contributed by atoms with Gasteiger partial charge in [-0.15, -0.1) is 0 Å². The summed E-state index contributed by atoms with van der Waals surface area (Å²) in [7, 11) is 0. The number of fused-ring (bicyclic) bond motifs is 1. The number of rotatable bonds is 3. The van der Waals surface area contributed by atoms with E-state index in [1.54, 1.807) is 24.4 Å². The first kappa shape index (κ1) is 22.4. The molecule has 2 aliphatic heterocycles. The van der Waals surface area contributed by atoms with E-state index in [4.69, 9.17) is 21.1 Å². The number of pyridine rings is 1. The summed E-state index contributed by atoms with van der Waals surface area (Å²) in [6.45, 7) is 8.02. The van der Waals surface area contributed by atoms with Gasteiger partial charge in [-0.25, -0.2) is 9.78 Å². The van der Waals surface area contributed by atoms with Gasteiger partial charge >= 0.3 is 5.97 Å². The number of nitrogens with zero attached hydrogens (tertiary/aromatic N) is 3. The first-order valence-corrected chi connectivity index (χ1v) is 11.3. The molecule has 1 fully saturated rings. The number of hydrogen-bond donors (Lipinski definition) is 0. The third-order valence-corrected chi connectivity index (χ3v) is 5.75. The first-order valence-electron chi connectivity index (χ1n) is 11.0. The Morgan fingerprint density at radius 2 is 1.84 bits per heavy atom. The smallest absolute Gasteiger partial charge is 0.340 e. The van der Waals surface area contributed by atoms with Crippen molar-refractivity contribution in [2.24, 2.45) is 0 Å². The molecule has 170 valence electrons. The Bertz CT molecular complexity index is 1030. The lowest BCUT2D eigenvalue weighted by Gasteiger charge is -2.31. The van der Waals surface area contributed by atoms with E-state index in [9.17, 15) is 9.59 Å². The Kier molecular flexibility index (Phi) is 6.29. The van der Waals surface area contributed by atoms with Crippen LogP contribution in [0.5, 0.6) is 5.75 Å². The minimum absolute atomic E-state index is 0.00881. The molecule has 1 aromatic carbocycles. The zero-order valence-corrected chi connectivity index (χ0v) is 19.4. The fraction of sp³-hybridized carbons (Fsp3) is 0.458. The van der Waals surface area contributed by atoms with Crippen LogP contribution < -0.4 is 9.64 Å². The molecule has 0 atom stereocenters. The van der Waals surface area contributed by atoms with Crippen LogP contribution in [0.25, 0.3) is 0 Å². The van der Waals surface area contributed by atoms with Crippen molar-refractivity contribution in [1.82, 2.24) is 9.88 Å². The normalized spacial score (nSPS) is 16.2. The van der Waals surface area contributed by atoms with E-state index in [1.165, 1.54) is 6.42 Å². The van der Waals surface area contributed by atoms with Crippen LogP contribution in [0.2, 0.25) is 5.02 Å². The zero-order chi connectivity index (χ0) is 22.9. The average Bonchev–Trinajstić information content (AvgIpc) is 2.77. The molecule has 2 aromatic rings. The highest BCUT2D eigenvalue weighted by molar-refractivity contribution is 6.33. The Labute approximate surface area is 193 Å². The molecule has 0 bridgehead atoms. The van der Waals surface area contributed by atoms with Crippen molar-refractivity contribution >= 4 is 35.0 Å². The highest BCUT2D eigenvalue weighted by Crippen LogP contribution is 2.37. The van der Waals surface area contributed by atoms with Gasteiger partial charge in [-0.2, -0.15) is 0 Å². The second-order valence-electron chi connectivity index (χ2n) is 9.06. The first-order chi connectivity index (χ1) is 15.2. The molecule has 0 spiro atoms. The predicted molar refractivity (Wildman–Crippen MR) is 123 cm³/mol. The molecular weight excluding hydrogens is 430 g/mol. The molecule has 3 heterocycles. The monoisotopic (exact) mass is 457 g/mol. The van der Waals surface area contributed by atoms with Gasteiger partial charge in [0.2, 0.25) is 0 Å². The Hall–Kier alpha value is -2.80. The van der Waals surface area contributed by atoms with Gasteiger partial charge in [0.15, 0.2) is 11.6 Å². The molecule has 32 heavy (non-hydrogen) atoms. The molecule has 0 N–H and O–H groups in total. The number of benzene rings is 1. The van der Waals surface area contributed by atoms with Gasteiger partial charge in [-0.05, 0) is 64.3 Å². The Morgan fingerprint density at radius 3 is 2.53 bits per heavy atom. The quantitative estimate of drug-likeness (QED) is 0.614. The van der Waals surface area contributed by atoms with E-state index in [0.717, 1.165) is 31.6 Å². The molecule has 4 rings (SSSR count). The summed E-state index contributed by atoms with van der Waals surface area (Å²) in [5.74, 6) is 0.708. The third kappa shape index (κ3) is 4.83. The zero-order valence-electron chi connectivity index (χ0n) is 18.7. The van der Waals surface area contributed by atoms with Crippen molar-refractivity contribution in [3.05, 3.63) is 46.6 Å². The number of halogens is 1. The summed E-state index contributed by atoms with van der Waals surface area (Å²) in [5, 5.41) is 0.307. The lowest BCUT2D eigenvalue weighted by molar-refractivity contribution is 0.00696. The summed E-state index contributed by atoms with van der Waals surface area (Å²) in [6, 6.07) is 6.97. The van der Waals surface area contributed by atoms with Crippen molar-refractivity contribution in [1.29, 1.82) is 0 Å². The van der Waals surface area contributed by atoms with E-state index in [1.807, 2.05) is 36.6 Å². The summed E-state index contributed by atoms with van der Waals surface area (Å²) < 4.78 is 11.2. The fourth-order valence-electron chi connectivity index (χ4n) is 3.92. The van der Waals surface area contributed by atoms with Crippen LogP contribution in [-0.2, 0) is 4.74 Å². The minimum Gasteiger partial charge on any atom is -0.488 e. The van der Waals surface area contributed by atoms with Gasteiger partial charge in [0.1, 0.15) is 12.2 Å². The van der Waals surface area contributed by atoms with E-state index in [2.05, 4.69) is 4.98 Å². The second kappa shape index (κ2) is 8.98. The molecule has 1 amide bonds. The van der Waals surface area contributed by atoms with Crippen LogP contribution in [0.15, 0.2) is 30.5 Å². The molecular formula is C24H28ClN3O4. The molecule has 0 radical (unpaired) electrons. The Morgan fingerprint density at radius 1 is 1.09 bits per heavy atom. The number of hydrogen-bond acceptors (Lipinski definition) is 6. The maximum atomic E-state index is 12.8. The van der Waals surface area contributed by atoms with Crippen molar-refractivity contribution in [2.45, 2.75) is 45.6 Å². The van der Waals surface area contributed by atoms with Crippen molar-refractivity contribution < 1.29 is 19.1 Å². The highest BCUT2D eigenvalue weighted by Gasteiger charge is 2.26. The van der Waals surface area contributed by atoms with Crippen molar-refractivity contribution in [3.63, 3.8) is 0 Å². The highest BCUT2D eigenvalue weighted by atomic mass is 35.5. The number of anilines is 2. The molecule has 1 aromatic heterocycles. The predicted octanol–water partition coefficient (Wildman–Crippen LogP) is 4.85. The number of likely N-dealkylation sites (tertiary alicyclic amines) is 1. The summed E-state index contributed by atoms with van der Waals surface area (Å²) in [4.78, 5) is 33.6. The Balaban J connectivity index is 1.57. The second-order valence-corrected chi connectivity index (χ2v) is 9.47. The molecule has 0 unspecified atom stereocenters. The van der Waals surface area contributed by atoms with Crippen LogP contribution in [0.3, 0.4) is 0 Å². The van der Waals surface area contributed by atoms with Gasteiger partial charge in [0, 0.05) is 25.0 Å². The summed E-state index contributed by atoms with van der Waals surface area (Å²) >= 11 is 6.42. The number of carbonyl (C=O) groups excluding carboxylic acids is 2. The number of amides is 1.